The Morgan fingerprint density at radius 2 is 1.00 bits per heavy atom. The van der Waals surface area contributed by atoms with Crippen molar-refractivity contribution >= 4 is 0 Å². The third kappa shape index (κ3) is 4.94. The van der Waals surface area contributed by atoms with Crippen molar-refractivity contribution in [1.82, 2.24) is 14.7 Å². The molecule has 0 spiro atoms. The molecule has 0 unspecified atom stereocenters. The second-order valence-electron chi connectivity index (χ2n) is 6.90. The molecule has 0 bridgehead atoms. The van der Waals surface area contributed by atoms with Crippen molar-refractivity contribution in [3.05, 3.63) is 0 Å². The first-order valence-electron chi connectivity index (χ1n) is 9.49. The maximum absolute atomic E-state index is 2.80. The van der Waals surface area contributed by atoms with E-state index in [0.717, 1.165) is 12.1 Å². The van der Waals surface area contributed by atoms with E-state index in [4.69, 9.17) is 0 Å². The van der Waals surface area contributed by atoms with E-state index in [0.29, 0.717) is 0 Å². The summed E-state index contributed by atoms with van der Waals surface area (Å²) >= 11 is 0. The average Bonchev–Trinajstić information content (AvgIpc) is 2.58. The highest BCUT2D eigenvalue weighted by Crippen LogP contribution is 2.24. The molecule has 21 heavy (non-hydrogen) atoms. The van der Waals surface area contributed by atoms with Crippen molar-refractivity contribution in [2.24, 2.45) is 0 Å². The minimum atomic E-state index is 0.888. The number of nitrogens with zero attached hydrogens (tertiary/aromatic N) is 3. The van der Waals surface area contributed by atoms with Crippen LogP contribution >= 0.6 is 0 Å². The standard InChI is InChI=1S/C16H31N3.C2H6/c1-17-11-5-15(6-12-17)19-13-7-16(8-14-19)18-9-3-2-4-10-18;1-2/h15-16H,2-14H2,1H3;1-2H3. The predicted molar refractivity (Wildman–Crippen MR) is 91.9 cm³/mol. The third-order valence-corrected chi connectivity index (χ3v) is 5.61. The summed E-state index contributed by atoms with van der Waals surface area (Å²) in [4.78, 5) is 8.07. The predicted octanol–water partition coefficient (Wildman–Crippen LogP) is 3.06. The number of hydrogen-bond donors (Lipinski definition) is 0. The average molecular weight is 296 g/mol. The van der Waals surface area contributed by atoms with Gasteiger partial charge in [0, 0.05) is 12.1 Å². The Bertz CT molecular complexity index is 260. The van der Waals surface area contributed by atoms with Crippen LogP contribution in [-0.4, -0.2) is 73.1 Å². The molecule has 0 N–H and O–H groups in total. The van der Waals surface area contributed by atoms with E-state index in [-0.39, 0.29) is 0 Å². The summed E-state index contributed by atoms with van der Waals surface area (Å²) in [5.41, 5.74) is 0. The largest absolute Gasteiger partial charge is 0.306 e. The normalized spacial score (nSPS) is 28.1. The van der Waals surface area contributed by atoms with Gasteiger partial charge in [0.15, 0.2) is 0 Å². The lowest BCUT2D eigenvalue weighted by atomic mass is 9.96. The van der Waals surface area contributed by atoms with Gasteiger partial charge in [-0.25, -0.2) is 0 Å². The van der Waals surface area contributed by atoms with Crippen LogP contribution in [0.4, 0.5) is 0 Å². The maximum atomic E-state index is 2.80. The zero-order chi connectivity index (χ0) is 15.1. The lowest BCUT2D eigenvalue weighted by Crippen LogP contribution is -2.51. The van der Waals surface area contributed by atoms with Crippen molar-refractivity contribution in [3.63, 3.8) is 0 Å². The third-order valence-electron chi connectivity index (χ3n) is 5.61. The summed E-state index contributed by atoms with van der Waals surface area (Å²) in [5.74, 6) is 0. The summed E-state index contributed by atoms with van der Waals surface area (Å²) < 4.78 is 0. The van der Waals surface area contributed by atoms with Crippen molar-refractivity contribution in [2.45, 2.75) is 70.9 Å². The number of piperidine rings is 3. The van der Waals surface area contributed by atoms with Gasteiger partial charge >= 0.3 is 0 Å². The molecule has 3 heterocycles. The second-order valence-corrected chi connectivity index (χ2v) is 6.90. The van der Waals surface area contributed by atoms with E-state index in [9.17, 15) is 0 Å². The molecule has 124 valence electrons. The Morgan fingerprint density at radius 1 is 0.571 bits per heavy atom. The molecule has 0 amide bonds. The molecule has 3 aliphatic rings. The van der Waals surface area contributed by atoms with Crippen LogP contribution in [0.3, 0.4) is 0 Å². The van der Waals surface area contributed by atoms with Gasteiger partial charge < -0.3 is 14.7 Å². The molecule has 3 saturated heterocycles. The molecular formula is C18H37N3. The first-order chi connectivity index (χ1) is 10.3. The topological polar surface area (TPSA) is 9.72 Å². The van der Waals surface area contributed by atoms with E-state index in [1.54, 1.807) is 0 Å². The molecule has 3 aliphatic heterocycles. The molecule has 3 nitrogen and oxygen atoms in total. The minimum Gasteiger partial charge on any atom is -0.306 e. The Labute approximate surface area is 132 Å². The molecule has 0 aliphatic carbocycles. The van der Waals surface area contributed by atoms with Crippen LogP contribution in [0.5, 0.6) is 0 Å². The van der Waals surface area contributed by atoms with Gasteiger partial charge in [-0.1, -0.05) is 20.3 Å². The summed E-state index contributed by atoms with van der Waals surface area (Å²) in [6.07, 6.45) is 9.98. The van der Waals surface area contributed by atoms with Gasteiger partial charge in [-0.3, -0.25) is 0 Å². The van der Waals surface area contributed by atoms with E-state index in [1.165, 1.54) is 84.2 Å². The van der Waals surface area contributed by atoms with Gasteiger partial charge in [0.25, 0.3) is 0 Å². The zero-order valence-corrected chi connectivity index (χ0v) is 14.7. The van der Waals surface area contributed by atoms with Crippen molar-refractivity contribution in [2.75, 3.05) is 46.3 Å². The van der Waals surface area contributed by atoms with Crippen LogP contribution in [-0.2, 0) is 0 Å². The van der Waals surface area contributed by atoms with Crippen molar-refractivity contribution in [1.29, 1.82) is 0 Å². The minimum absolute atomic E-state index is 0.888. The van der Waals surface area contributed by atoms with Gasteiger partial charge in [-0.2, -0.15) is 0 Å². The van der Waals surface area contributed by atoms with Crippen molar-refractivity contribution < 1.29 is 0 Å². The Balaban J connectivity index is 0.000000774. The van der Waals surface area contributed by atoms with Gasteiger partial charge in [0.2, 0.25) is 0 Å². The summed E-state index contributed by atoms with van der Waals surface area (Å²) in [6, 6.07) is 1.79. The van der Waals surface area contributed by atoms with Gasteiger partial charge in [-0.15, -0.1) is 0 Å². The van der Waals surface area contributed by atoms with Gasteiger partial charge in [0.1, 0.15) is 0 Å². The number of rotatable bonds is 2. The Morgan fingerprint density at radius 3 is 1.52 bits per heavy atom. The van der Waals surface area contributed by atoms with E-state index < -0.39 is 0 Å². The Hall–Kier alpha value is -0.120. The highest BCUT2D eigenvalue weighted by molar-refractivity contribution is 4.86. The maximum Gasteiger partial charge on any atom is 0.0120 e. The molecule has 3 fully saturated rings. The van der Waals surface area contributed by atoms with Crippen molar-refractivity contribution in [3.8, 4) is 0 Å². The van der Waals surface area contributed by atoms with Crippen LogP contribution in [0.2, 0.25) is 0 Å². The van der Waals surface area contributed by atoms with Crippen LogP contribution in [0.25, 0.3) is 0 Å². The number of likely N-dealkylation sites (tertiary alicyclic amines) is 3. The highest BCUT2D eigenvalue weighted by atomic mass is 15.2. The van der Waals surface area contributed by atoms with Crippen LogP contribution in [0.15, 0.2) is 0 Å². The number of hydrogen-bond acceptors (Lipinski definition) is 3. The molecule has 0 aromatic carbocycles. The van der Waals surface area contributed by atoms with E-state index in [2.05, 4.69) is 21.7 Å². The zero-order valence-electron chi connectivity index (χ0n) is 14.7. The molecule has 0 aromatic heterocycles. The first kappa shape index (κ1) is 17.2. The molecule has 3 heteroatoms. The summed E-state index contributed by atoms with van der Waals surface area (Å²) in [7, 11) is 2.26. The fourth-order valence-electron chi connectivity index (χ4n) is 4.26. The molecular weight excluding hydrogens is 258 g/mol. The van der Waals surface area contributed by atoms with Crippen LogP contribution in [0.1, 0.15) is 58.8 Å². The lowest BCUT2D eigenvalue weighted by Gasteiger charge is -2.44. The molecule has 0 radical (unpaired) electrons. The van der Waals surface area contributed by atoms with E-state index in [1.807, 2.05) is 13.8 Å². The fourth-order valence-corrected chi connectivity index (χ4v) is 4.26. The van der Waals surface area contributed by atoms with E-state index >= 15 is 0 Å². The monoisotopic (exact) mass is 295 g/mol. The van der Waals surface area contributed by atoms with Gasteiger partial charge in [0.05, 0.1) is 0 Å². The molecule has 3 rings (SSSR count). The second kappa shape index (κ2) is 9.12. The lowest BCUT2D eigenvalue weighted by molar-refractivity contribution is 0.0522. The molecule has 0 saturated carbocycles. The van der Waals surface area contributed by atoms with Gasteiger partial charge in [-0.05, 0) is 84.8 Å². The summed E-state index contributed by atoms with van der Waals surface area (Å²) in [6.45, 7) is 12.1. The molecule has 0 aromatic rings. The molecule has 0 atom stereocenters. The smallest absolute Gasteiger partial charge is 0.0120 e. The first-order valence-corrected chi connectivity index (χ1v) is 9.49. The summed E-state index contributed by atoms with van der Waals surface area (Å²) in [5, 5.41) is 0. The fraction of sp³-hybridized carbons (Fsp3) is 1.00. The quantitative estimate of drug-likeness (QED) is 0.775. The highest BCUT2D eigenvalue weighted by Gasteiger charge is 2.29. The Kier molecular flexibility index (Phi) is 7.48. The van der Waals surface area contributed by atoms with Crippen LogP contribution < -0.4 is 0 Å². The van der Waals surface area contributed by atoms with Crippen LogP contribution in [0, 0.1) is 0 Å². The SMILES string of the molecule is CC.CN1CCC(N2CCC(N3CCCCC3)CC2)CC1.